The van der Waals surface area contributed by atoms with E-state index in [1.807, 2.05) is 6.92 Å². The van der Waals surface area contributed by atoms with Crippen LogP contribution in [0.2, 0.25) is 15.1 Å². The number of sulfonamides is 1. The number of nitrogens with zero attached hydrogens (tertiary/aromatic N) is 1. The smallest absolute Gasteiger partial charge is 0.264 e. The fourth-order valence-electron chi connectivity index (χ4n) is 2.67. The maximum absolute atomic E-state index is 13.3. The van der Waals surface area contributed by atoms with Crippen molar-refractivity contribution in [2.75, 3.05) is 16.2 Å². The molecule has 9 heteroatoms. The molecular formula is C21H17Cl3N2O3S. The summed E-state index contributed by atoms with van der Waals surface area (Å²) < 4.78 is 27.6. The topological polar surface area (TPSA) is 66.5 Å². The Morgan fingerprint density at radius 1 is 0.900 bits per heavy atom. The number of anilines is 2. The predicted molar refractivity (Wildman–Crippen MR) is 122 cm³/mol. The maximum Gasteiger partial charge on any atom is 0.264 e. The van der Waals surface area contributed by atoms with Crippen molar-refractivity contribution < 1.29 is 13.2 Å². The van der Waals surface area contributed by atoms with E-state index in [1.54, 1.807) is 36.4 Å². The zero-order chi connectivity index (χ0) is 21.9. The highest BCUT2D eigenvalue weighted by molar-refractivity contribution is 7.92. The predicted octanol–water partition coefficient (Wildman–Crippen LogP) is 5.79. The van der Waals surface area contributed by atoms with E-state index < -0.39 is 22.5 Å². The fourth-order valence-corrected chi connectivity index (χ4v) is 4.56. The number of carbonyl (C=O) groups excluding carboxylic acids is 1. The van der Waals surface area contributed by atoms with Gasteiger partial charge in [-0.2, -0.15) is 0 Å². The highest BCUT2D eigenvalue weighted by atomic mass is 35.5. The molecule has 1 N–H and O–H groups in total. The zero-order valence-corrected chi connectivity index (χ0v) is 18.9. The SMILES string of the molecule is Cc1ccc(S(=O)(=O)N(CC(=O)Nc2cc(Cl)ccc2Cl)c2ccc(Cl)cc2)cc1. The lowest BCUT2D eigenvalue weighted by molar-refractivity contribution is -0.114. The van der Waals surface area contributed by atoms with Gasteiger partial charge >= 0.3 is 0 Å². The van der Waals surface area contributed by atoms with E-state index in [0.717, 1.165) is 9.87 Å². The molecule has 5 nitrogen and oxygen atoms in total. The number of amides is 1. The molecule has 3 aromatic rings. The summed E-state index contributed by atoms with van der Waals surface area (Å²) in [7, 11) is -4.02. The first-order valence-corrected chi connectivity index (χ1v) is 11.3. The van der Waals surface area contributed by atoms with Crippen LogP contribution in [-0.2, 0) is 14.8 Å². The third kappa shape index (κ3) is 5.26. The second-order valence-electron chi connectivity index (χ2n) is 6.47. The number of benzene rings is 3. The van der Waals surface area contributed by atoms with Gasteiger partial charge in [-0.3, -0.25) is 9.10 Å². The van der Waals surface area contributed by atoms with Crippen molar-refractivity contribution in [2.24, 2.45) is 0 Å². The minimum atomic E-state index is -4.02. The van der Waals surface area contributed by atoms with Gasteiger partial charge in [0.15, 0.2) is 0 Å². The summed E-state index contributed by atoms with van der Waals surface area (Å²) in [6.07, 6.45) is 0. The Hall–Kier alpha value is -2.25. The third-order valence-corrected chi connectivity index (χ3v) is 6.82. The third-order valence-electron chi connectivity index (χ3n) is 4.21. The standard InChI is InChI=1S/C21H17Cl3N2O3S/c1-14-2-9-18(10-3-14)30(28,29)26(17-7-4-15(22)5-8-17)13-21(27)25-20-12-16(23)6-11-19(20)24/h2-12H,13H2,1H3,(H,25,27). The minimum Gasteiger partial charge on any atom is -0.323 e. The molecule has 0 spiro atoms. The largest absolute Gasteiger partial charge is 0.323 e. The van der Waals surface area contributed by atoms with Gasteiger partial charge in [0.2, 0.25) is 5.91 Å². The molecule has 0 aliphatic rings. The number of aryl methyl sites for hydroxylation is 1. The van der Waals surface area contributed by atoms with Crippen LogP contribution in [0.15, 0.2) is 71.6 Å². The maximum atomic E-state index is 13.3. The van der Waals surface area contributed by atoms with E-state index in [2.05, 4.69) is 5.32 Å². The van der Waals surface area contributed by atoms with E-state index in [9.17, 15) is 13.2 Å². The van der Waals surface area contributed by atoms with Crippen molar-refractivity contribution >= 4 is 62.1 Å². The van der Waals surface area contributed by atoms with Gasteiger partial charge in [-0.25, -0.2) is 8.42 Å². The average Bonchev–Trinajstić information content (AvgIpc) is 2.70. The van der Waals surface area contributed by atoms with Crippen molar-refractivity contribution in [3.63, 3.8) is 0 Å². The zero-order valence-electron chi connectivity index (χ0n) is 15.8. The molecule has 3 aromatic carbocycles. The lowest BCUT2D eigenvalue weighted by atomic mass is 10.2. The Labute approximate surface area is 190 Å². The molecule has 0 heterocycles. The second kappa shape index (κ2) is 9.27. The van der Waals surface area contributed by atoms with Crippen molar-refractivity contribution in [1.82, 2.24) is 0 Å². The summed E-state index contributed by atoms with van der Waals surface area (Å²) in [6, 6.07) is 17.2. The van der Waals surface area contributed by atoms with Crippen LogP contribution in [0.25, 0.3) is 0 Å². The lowest BCUT2D eigenvalue weighted by Crippen LogP contribution is -2.38. The molecule has 1 amide bonds. The number of nitrogens with one attached hydrogen (secondary N) is 1. The number of carbonyl (C=O) groups is 1. The Bertz CT molecular complexity index is 1170. The van der Waals surface area contributed by atoms with Crippen LogP contribution < -0.4 is 9.62 Å². The molecule has 0 aliphatic heterocycles. The summed E-state index contributed by atoms with van der Waals surface area (Å²) in [5, 5.41) is 3.72. The molecule has 0 bridgehead atoms. The molecule has 3 rings (SSSR count). The van der Waals surface area contributed by atoms with Crippen LogP contribution in [0, 0.1) is 6.92 Å². The summed E-state index contributed by atoms with van der Waals surface area (Å²) in [6.45, 7) is 1.39. The van der Waals surface area contributed by atoms with Crippen LogP contribution in [0.4, 0.5) is 11.4 Å². The Balaban J connectivity index is 1.95. The Morgan fingerprint density at radius 3 is 2.13 bits per heavy atom. The molecule has 0 aromatic heterocycles. The van der Waals surface area contributed by atoms with Crippen molar-refractivity contribution in [3.05, 3.63) is 87.4 Å². The van der Waals surface area contributed by atoms with E-state index in [1.165, 1.54) is 30.3 Å². The van der Waals surface area contributed by atoms with Crippen LogP contribution >= 0.6 is 34.8 Å². The van der Waals surface area contributed by atoms with Gasteiger partial charge in [-0.15, -0.1) is 0 Å². The molecule has 0 saturated carbocycles. The van der Waals surface area contributed by atoms with Gasteiger partial charge in [-0.05, 0) is 61.5 Å². The van der Waals surface area contributed by atoms with Crippen LogP contribution in [0.1, 0.15) is 5.56 Å². The summed E-state index contributed by atoms with van der Waals surface area (Å²) >= 11 is 18.0. The normalized spacial score (nSPS) is 11.2. The van der Waals surface area contributed by atoms with E-state index >= 15 is 0 Å². The number of hydrogen-bond acceptors (Lipinski definition) is 3. The van der Waals surface area contributed by atoms with Crippen molar-refractivity contribution in [3.8, 4) is 0 Å². The molecule has 0 unspecified atom stereocenters. The van der Waals surface area contributed by atoms with Crippen LogP contribution in [0.5, 0.6) is 0 Å². The number of hydrogen-bond donors (Lipinski definition) is 1. The molecular weight excluding hydrogens is 467 g/mol. The summed E-state index contributed by atoms with van der Waals surface area (Å²) in [5.41, 5.74) is 1.51. The Morgan fingerprint density at radius 2 is 1.50 bits per heavy atom. The molecule has 0 saturated heterocycles. The van der Waals surface area contributed by atoms with Gasteiger partial charge in [0.25, 0.3) is 10.0 Å². The molecule has 0 atom stereocenters. The highest BCUT2D eigenvalue weighted by Crippen LogP contribution is 2.27. The number of halogens is 3. The Kier molecular flexibility index (Phi) is 6.93. The lowest BCUT2D eigenvalue weighted by Gasteiger charge is -2.24. The first-order chi connectivity index (χ1) is 14.2. The summed E-state index contributed by atoms with van der Waals surface area (Å²) in [4.78, 5) is 12.8. The minimum absolute atomic E-state index is 0.0663. The van der Waals surface area contributed by atoms with Crippen molar-refractivity contribution in [1.29, 1.82) is 0 Å². The van der Waals surface area contributed by atoms with Crippen molar-refractivity contribution in [2.45, 2.75) is 11.8 Å². The van der Waals surface area contributed by atoms with Gasteiger partial charge in [-0.1, -0.05) is 52.5 Å². The monoisotopic (exact) mass is 482 g/mol. The van der Waals surface area contributed by atoms with Gasteiger partial charge in [0, 0.05) is 10.0 Å². The van der Waals surface area contributed by atoms with Gasteiger partial charge in [0.1, 0.15) is 6.54 Å². The second-order valence-corrected chi connectivity index (χ2v) is 9.62. The van der Waals surface area contributed by atoms with E-state index in [4.69, 9.17) is 34.8 Å². The molecule has 0 radical (unpaired) electrons. The van der Waals surface area contributed by atoms with Gasteiger partial charge < -0.3 is 5.32 Å². The molecule has 156 valence electrons. The van der Waals surface area contributed by atoms with Gasteiger partial charge in [0.05, 0.1) is 21.3 Å². The molecule has 0 fully saturated rings. The first-order valence-electron chi connectivity index (χ1n) is 8.77. The van der Waals surface area contributed by atoms with E-state index in [-0.39, 0.29) is 15.6 Å². The quantitative estimate of drug-likeness (QED) is 0.482. The van der Waals surface area contributed by atoms with Crippen LogP contribution in [0.3, 0.4) is 0 Å². The van der Waals surface area contributed by atoms with Crippen LogP contribution in [-0.4, -0.2) is 20.9 Å². The average molecular weight is 484 g/mol. The fraction of sp³-hybridized carbons (Fsp3) is 0.0952. The number of rotatable bonds is 6. The summed E-state index contributed by atoms with van der Waals surface area (Å²) in [5.74, 6) is -0.579. The van der Waals surface area contributed by atoms with E-state index in [0.29, 0.717) is 15.7 Å². The molecule has 0 aliphatic carbocycles. The molecule has 30 heavy (non-hydrogen) atoms. The highest BCUT2D eigenvalue weighted by Gasteiger charge is 2.27. The first kappa shape index (κ1) is 22.4.